The fourth-order valence-electron chi connectivity index (χ4n) is 1.87. The first-order chi connectivity index (χ1) is 8.22. The molecule has 0 aliphatic heterocycles. The maximum atomic E-state index is 3.65. The number of aryl methyl sites for hydroxylation is 1. The lowest BCUT2D eigenvalue weighted by atomic mass is 10.0. The Morgan fingerprint density at radius 1 is 1.41 bits per heavy atom. The number of nitrogens with one attached hydrogen (secondary N) is 1. The van der Waals surface area contributed by atoms with Gasteiger partial charge in [0.2, 0.25) is 0 Å². The second-order valence-corrected chi connectivity index (χ2v) is 7.93. The molecule has 2 aromatic heterocycles. The van der Waals surface area contributed by atoms with E-state index in [1.54, 1.807) is 0 Å². The van der Waals surface area contributed by atoms with Gasteiger partial charge in [-0.1, -0.05) is 6.92 Å². The molecule has 1 N–H and O–H groups in total. The Morgan fingerprint density at radius 2 is 2.24 bits per heavy atom. The number of hydrogen-bond acceptors (Lipinski definition) is 3. The van der Waals surface area contributed by atoms with Crippen molar-refractivity contribution in [2.24, 2.45) is 0 Å². The molecular weight excluding hydrogens is 361 g/mol. The monoisotopic (exact) mass is 377 g/mol. The summed E-state index contributed by atoms with van der Waals surface area (Å²) in [5.74, 6) is 0. The van der Waals surface area contributed by atoms with E-state index in [9.17, 15) is 0 Å². The van der Waals surface area contributed by atoms with Gasteiger partial charge in [0, 0.05) is 4.88 Å². The molecule has 92 valence electrons. The van der Waals surface area contributed by atoms with Gasteiger partial charge in [0.1, 0.15) is 0 Å². The van der Waals surface area contributed by atoms with Crippen LogP contribution in [0.1, 0.15) is 35.4 Å². The zero-order valence-corrected chi connectivity index (χ0v) is 13.8. The SMILES string of the molecule is CCCNC(c1csc(I)c1)c1ccsc1C. The van der Waals surface area contributed by atoms with Crippen LogP contribution in [0.4, 0.5) is 0 Å². The van der Waals surface area contributed by atoms with Crippen LogP contribution >= 0.6 is 45.3 Å². The van der Waals surface area contributed by atoms with E-state index >= 15 is 0 Å². The van der Waals surface area contributed by atoms with Crippen LogP contribution in [0.15, 0.2) is 22.9 Å². The van der Waals surface area contributed by atoms with Crippen molar-refractivity contribution in [1.29, 1.82) is 0 Å². The molecule has 0 fully saturated rings. The van der Waals surface area contributed by atoms with Crippen molar-refractivity contribution in [3.8, 4) is 0 Å². The van der Waals surface area contributed by atoms with Gasteiger partial charge in [-0.05, 0) is 76.5 Å². The Hall–Kier alpha value is 0.0900. The standard InChI is InChI=1S/C13H16INS2/c1-3-5-15-13(10-7-12(14)17-8-10)11-4-6-16-9(11)2/h4,6-8,13,15H,3,5H2,1-2H3. The minimum atomic E-state index is 0.362. The van der Waals surface area contributed by atoms with Crippen LogP contribution in [-0.4, -0.2) is 6.54 Å². The van der Waals surface area contributed by atoms with E-state index in [1.165, 1.54) is 25.3 Å². The Morgan fingerprint density at radius 3 is 2.76 bits per heavy atom. The Labute approximate surface area is 124 Å². The summed E-state index contributed by atoms with van der Waals surface area (Å²) >= 11 is 6.04. The lowest BCUT2D eigenvalue weighted by Gasteiger charge is -2.17. The summed E-state index contributed by atoms with van der Waals surface area (Å²) in [4.78, 5) is 1.42. The average molecular weight is 377 g/mol. The van der Waals surface area contributed by atoms with Crippen molar-refractivity contribution in [2.45, 2.75) is 26.3 Å². The zero-order chi connectivity index (χ0) is 12.3. The average Bonchev–Trinajstić information content (AvgIpc) is 2.90. The van der Waals surface area contributed by atoms with Crippen molar-refractivity contribution in [3.63, 3.8) is 0 Å². The molecule has 0 saturated carbocycles. The van der Waals surface area contributed by atoms with Crippen molar-refractivity contribution in [1.82, 2.24) is 5.32 Å². The first kappa shape index (κ1) is 13.5. The summed E-state index contributed by atoms with van der Waals surface area (Å²) in [6.07, 6.45) is 1.17. The summed E-state index contributed by atoms with van der Waals surface area (Å²) < 4.78 is 1.36. The molecule has 0 radical (unpaired) electrons. The van der Waals surface area contributed by atoms with Gasteiger partial charge in [-0.15, -0.1) is 22.7 Å². The molecular formula is C13H16INS2. The van der Waals surface area contributed by atoms with Crippen LogP contribution in [0.25, 0.3) is 0 Å². The van der Waals surface area contributed by atoms with E-state index in [-0.39, 0.29) is 0 Å². The predicted molar refractivity (Wildman–Crippen MR) is 86.2 cm³/mol. The molecule has 0 aromatic carbocycles. The molecule has 0 bridgehead atoms. The van der Waals surface area contributed by atoms with Gasteiger partial charge in [-0.3, -0.25) is 0 Å². The highest BCUT2D eigenvalue weighted by molar-refractivity contribution is 14.1. The summed E-state index contributed by atoms with van der Waals surface area (Å²) in [5, 5.41) is 8.11. The first-order valence-corrected chi connectivity index (χ1v) is 8.57. The third kappa shape index (κ3) is 3.30. The zero-order valence-electron chi connectivity index (χ0n) is 10.00. The van der Waals surface area contributed by atoms with Gasteiger partial charge in [0.25, 0.3) is 0 Å². The molecule has 0 amide bonds. The highest BCUT2D eigenvalue weighted by Crippen LogP contribution is 2.31. The second kappa shape index (κ2) is 6.31. The van der Waals surface area contributed by atoms with Gasteiger partial charge in [-0.2, -0.15) is 0 Å². The molecule has 1 unspecified atom stereocenters. The van der Waals surface area contributed by atoms with Gasteiger partial charge < -0.3 is 5.32 Å². The normalized spacial score (nSPS) is 12.9. The molecule has 0 saturated heterocycles. The van der Waals surface area contributed by atoms with Gasteiger partial charge in [-0.25, -0.2) is 0 Å². The van der Waals surface area contributed by atoms with Crippen molar-refractivity contribution < 1.29 is 0 Å². The van der Waals surface area contributed by atoms with E-state index < -0.39 is 0 Å². The first-order valence-electron chi connectivity index (χ1n) is 5.73. The van der Waals surface area contributed by atoms with Gasteiger partial charge >= 0.3 is 0 Å². The Balaban J connectivity index is 2.28. The predicted octanol–water partition coefficient (Wildman–Crippen LogP) is 4.81. The number of thiophene rings is 2. The van der Waals surface area contributed by atoms with Crippen LogP contribution in [0.2, 0.25) is 0 Å². The van der Waals surface area contributed by atoms with E-state index in [0.29, 0.717) is 6.04 Å². The highest BCUT2D eigenvalue weighted by Gasteiger charge is 2.17. The minimum Gasteiger partial charge on any atom is -0.306 e. The number of halogens is 1. The Kier molecular flexibility index (Phi) is 5.02. The molecule has 2 rings (SSSR count). The maximum absolute atomic E-state index is 3.65. The molecule has 1 atom stereocenters. The van der Waals surface area contributed by atoms with Crippen molar-refractivity contribution in [3.05, 3.63) is 41.8 Å². The molecule has 4 heteroatoms. The lowest BCUT2D eigenvalue weighted by molar-refractivity contribution is 0.599. The summed E-state index contributed by atoms with van der Waals surface area (Å²) in [5.41, 5.74) is 2.83. The smallest absolute Gasteiger partial charge is 0.0656 e. The van der Waals surface area contributed by atoms with Crippen molar-refractivity contribution in [2.75, 3.05) is 6.54 Å². The fourth-order valence-corrected chi connectivity index (χ4v) is 4.00. The molecule has 2 aromatic rings. The largest absolute Gasteiger partial charge is 0.306 e. The fraction of sp³-hybridized carbons (Fsp3) is 0.385. The molecule has 2 heterocycles. The highest BCUT2D eigenvalue weighted by atomic mass is 127. The summed E-state index contributed by atoms with van der Waals surface area (Å²) in [6, 6.07) is 4.90. The topological polar surface area (TPSA) is 12.0 Å². The third-order valence-electron chi connectivity index (χ3n) is 2.73. The number of rotatable bonds is 5. The van der Waals surface area contributed by atoms with E-state index in [4.69, 9.17) is 0 Å². The molecule has 17 heavy (non-hydrogen) atoms. The lowest BCUT2D eigenvalue weighted by Crippen LogP contribution is -2.22. The molecule has 0 aliphatic rings. The summed E-state index contributed by atoms with van der Waals surface area (Å²) in [7, 11) is 0. The summed E-state index contributed by atoms with van der Waals surface area (Å²) in [6.45, 7) is 5.48. The Bertz CT molecular complexity index is 475. The van der Waals surface area contributed by atoms with E-state index in [0.717, 1.165) is 6.54 Å². The van der Waals surface area contributed by atoms with Crippen molar-refractivity contribution >= 4 is 45.3 Å². The van der Waals surface area contributed by atoms with Crippen LogP contribution in [-0.2, 0) is 0 Å². The quantitative estimate of drug-likeness (QED) is 0.738. The maximum Gasteiger partial charge on any atom is 0.0656 e. The second-order valence-electron chi connectivity index (χ2n) is 4.00. The number of hydrogen-bond donors (Lipinski definition) is 1. The van der Waals surface area contributed by atoms with Crippen LogP contribution in [0, 0.1) is 9.81 Å². The van der Waals surface area contributed by atoms with E-state index in [2.05, 4.69) is 64.6 Å². The van der Waals surface area contributed by atoms with Gasteiger partial charge in [0.15, 0.2) is 0 Å². The van der Waals surface area contributed by atoms with E-state index in [1.807, 2.05) is 22.7 Å². The van der Waals surface area contributed by atoms with Crippen LogP contribution in [0.3, 0.4) is 0 Å². The molecule has 0 spiro atoms. The third-order valence-corrected chi connectivity index (χ3v) is 5.40. The molecule has 0 aliphatic carbocycles. The molecule has 1 nitrogen and oxygen atoms in total. The van der Waals surface area contributed by atoms with Crippen LogP contribution < -0.4 is 5.32 Å². The van der Waals surface area contributed by atoms with Crippen LogP contribution in [0.5, 0.6) is 0 Å². The minimum absolute atomic E-state index is 0.362. The van der Waals surface area contributed by atoms with Gasteiger partial charge in [0.05, 0.1) is 8.93 Å².